The van der Waals surface area contributed by atoms with Gasteiger partial charge in [-0.05, 0) is 274 Å². The SMILES string of the molecule is NCCCCCCCC(=O)CCC(CCC(=O)CCCCCCN)(CCC(=O)NCCCCCCN)NC(=O)CCC(CCC(=O)NC(CCC(=O)CCCCCCCN)(CCC(=O)NCCCCCCN)CCC(=O)NCCCCCCN)(CCC(=O)NC(CCC(=O)CCCCCCCN)(CCC(=O)NCCCCCCN)CCC(=O)NCCCCCCN)NC(=O)CCSSc1ccccn1. The van der Waals surface area contributed by atoms with E-state index in [9.17, 15) is 43.2 Å². The van der Waals surface area contributed by atoms with Gasteiger partial charge >= 0.3 is 0 Å². The van der Waals surface area contributed by atoms with Crippen LogP contribution in [0.25, 0.3) is 0 Å². The summed E-state index contributed by atoms with van der Waals surface area (Å²) in [5, 5.41) is 29.4. The van der Waals surface area contributed by atoms with Crippen molar-refractivity contribution in [2.75, 3.05) is 97.4 Å². The third-order valence-electron chi connectivity index (χ3n) is 26.6. The fourth-order valence-electron chi connectivity index (χ4n) is 17.7. The number of aromatic nitrogens is 1. The molecular weight excluding hydrogens is 1800 g/mol. The maximum absolute atomic E-state index is 16.0. The van der Waals surface area contributed by atoms with Crippen LogP contribution in [0.3, 0.4) is 0 Å². The summed E-state index contributed by atoms with van der Waals surface area (Å²) < 4.78 is 0. The highest BCUT2D eigenvalue weighted by Gasteiger charge is 2.41. The molecule has 0 radical (unpaired) electrons. The van der Waals surface area contributed by atoms with Gasteiger partial charge in [-0.2, -0.15) is 0 Å². The van der Waals surface area contributed by atoms with Crippen molar-refractivity contribution >= 4 is 97.9 Å². The van der Waals surface area contributed by atoms with E-state index in [1.54, 1.807) is 12.3 Å². The predicted molar refractivity (Wildman–Crippen MR) is 567 cm³/mol. The second kappa shape index (κ2) is 89.1. The number of unbranched alkanes of at least 4 members (excludes halogenated alkanes) is 30. The summed E-state index contributed by atoms with van der Waals surface area (Å²) in [7, 11) is 2.76. The summed E-state index contributed by atoms with van der Waals surface area (Å²) in [6.45, 7) is 6.98. The Morgan fingerprint density at radius 3 is 0.612 bits per heavy atom. The summed E-state index contributed by atoms with van der Waals surface area (Å²) in [6, 6.07) is 5.51. The Bertz CT molecular complexity index is 3060. The second-order valence-corrected chi connectivity index (χ2v) is 41.4. The Hall–Kier alpha value is -6.60. The zero-order chi connectivity index (χ0) is 102. The molecule has 9 amide bonds. The Morgan fingerprint density at radius 2 is 0.403 bits per heavy atom. The van der Waals surface area contributed by atoms with Crippen LogP contribution in [0.4, 0.5) is 0 Å². The molecule has 0 aliphatic carbocycles. The van der Waals surface area contributed by atoms with Gasteiger partial charge in [0.15, 0.2) is 0 Å². The van der Waals surface area contributed by atoms with Crippen molar-refractivity contribution in [1.29, 1.82) is 0 Å². The Labute approximate surface area is 845 Å². The van der Waals surface area contributed by atoms with Crippen LogP contribution in [0.2, 0.25) is 0 Å². The van der Waals surface area contributed by atoms with Crippen LogP contribution in [0.1, 0.15) is 437 Å². The van der Waals surface area contributed by atoms with Crippen LogP contribution in [-0.2, 0) is 62.3 Å². The van der Waals surface area contributed by atoms with Crippen molar-refractivity contribution < 1.29 is 62.3 Å². The molecule has 1 atom stereocenters. The van der Waals surface area contributed by atoms with E-state index in [4.69, 9.17) is 51.6 Å². The van der Waals surface area contributed by atoms with Gasteiger partial charge in [0.2, 0.25) is 53.2 Å². The van der Waals surface area contributed by atoms with Crippen molar-refractivity contribution in [1.82, 2.24) is 52.8 Å². The number of carbonyl (C=O) groups excluding carboxylic acids is 13. The monoisotopic (exact) mass is 2000 g/mol. The van der Waals surface area contributed by atoms with Gasteiger partial charge in [0.1, 0.15) is 28.2 Å². The molecule has 0 saturated carbocycles. The van der Waals surface area contributed by atoms with E-state index in [0.29, 0.717) is 154 Å². The molecule has 1 rings (SSSR count). The first kappa shape index (κ1) is 130. The number of hydrogen-bond donors (Lipinski definition) is 18. The Kier molecular flexibility index (Phi) is 83.5. The van der Waals surface area contributed by atoms with Crippen molar-refractivity contribution in [3.05, 3.63) is 24.4 Å². The molecule has 0 aliphatic rings. The van der Waals surface area contributed by atoms with Gasteiger partial charge in [-0.3, -0.25) is 62.3 Å². The standard InChI is InChI=1S/C105H197N19O13S2/c106-72-27-8-1-4-22-42-88(125)47-60-102(61-48-91(128)45-25-7-11-30-75-109,64-51-92(129)115-81-36-17-12-31-76-110)121-97(134)56-69-105(124-100(137)59-87-138-139-101-46-26-41-86-120-101,70-57-98(135)122-103(62-49-89(126)43-23-5-2-9-28-73-107,65-52-93(130)116-82-37-18-13-32-77-111)66-53-94(131)117-83-38-19-14-33-78-112)71-58-99(136)123-104(63-50-90(127)44-24-6-3-10-29-74-108,67-54-95(132)118-84-39-20-15-34-79-113)68-55-96(133)119-85-40-21-16-35-80-114/h26,41,46,86H,1-25,27-40,42-45,47-85,87,106-114H2,(H,115,129)(H,116,130)(H,117,131)(H,118,132)(H,119,133)(H,121,134)(H,122,135)(H,123,136)(H,124,137). The molecule has 1 aromatic rings. The molecule has 802 valence electrons. The zero-order valence-electron chi connectivity index (χ0n) is 86.3. The van der Waals surface area contributed by atoms with Crippen LogP contribution in [0, 0.1) is 0 Å². The molecule has 0 saturated heterocycles. The van der Waals surface area contributed by atoms with Crippen LogP contribution >= 0.6 is 21.6 Å². The summed E-state index contributed by atoms with van der Waals surface area (Å²) in [6.07, 6.45) is 33.1. The number of carbonyl (C=O) groups is 13. The van der Waals surface area contributed by atoms with E-state index in [0.717, 1.165) is 193 Å². The van der Waals surface area contributed by atoms with E-state index in [1.807, 2.05) is 12.1 Å². The van der Waals surface area contributed by atoms with Crippen molar-refractivity contribution in [2.45, 2.75) is 464 Å². The molecule has 32 nitrogen and oxygen atoms in total. The van der Waals surface area contributed by atoms with Gasteiger partial charge in [-0.1, -0.05) is 152 Å². The average Bonchev–Trinajstić information content (AvgIpc) is 0.856. The minimum Gasteiger partial charge on any atom is -0.356 e. The molecule has 0 bridgehead atoms. The molecule has 0 fully saturated rings. The highest BCUT2D eigenvalue weighted by atomic mass is 33.1. The van der Waals surface area contributed by atoms with Crippen LogP contribution < -0.4 is 99.5 Å². The lowest BCUT2D eigenvalue weighted by Gasteiger charge is -2.39. The quantitative estimate of drug-likeness (QED) is 0.0213. The summed E-state index contributed by atoms with van der Waals surface area (Å²) in [4.78, 5) is 196. The molecule has 0 aromatic carbocycles. The number of amides is 9. The first-order chi connectivity index (χ1) is 67.4. The second-order valence-electron chi connectivity index (χ2n) is 38.9. The van der Waals surface area contributed by atoms with Gasteiger partial charge in [-0.25, -0.2) is 4.98 Å². The molecule has 0 spiro atoms. The highest BCUT2D eigenvalue weighted by molar-refractivity contribution is 8.76. The number of nitrogens with zero attached hydrogens (tertiary/aromatic N) is 1. The maximum Gasteiger partial charge on any atom is 0.221 e. The minimum atomic E-state index is -1.65. The van der Waals surface area contributed by atoms with E-state index in [1.165, 1.54) is 21.6 Å². The normalized spacial score (nSPS) is 12.1. The molecule has 1 heterocycles. The summed E-state index contributed by atoms with van der Waals surface area (Å²) >= 11 is 0. The zero-order valence-corrected chi connectivity index (χ0v) is 87.9. The van der Waals surface area contributed by atoms with Gasteiger partial charge in [0, 0.05) is 176 Å². The third-order valence-corrected chi connectivity index (χ3v) is 28.9. The van der Waals surface area contributed by atoms with E-state index >= 15 is 19.2 Å². The number of Topliss-reactive ketones (excluding diaryl/α,β-unsaturated/α-hetero) is 4. The predicted octanol–water partition coefficient (Wildman–Crippen LogP) is 13.3. The number of ketones is 4. The van der Waals surface area contributed by atoms with Crippen LogP contribution in [0.5, 0.6) is 0 Å². The van der Waals surface area contributed by atoms with Crippen LogP contribution in [0.15, 0.2) is 29.4 Å². The largest absolute Gasteiger partial charge is 0.356 e. The van der Waals surface area contributed by atoms with E-state index < -0.39 is 45.8 Å². The number of hydrogen-bond acceptors (Lipinski definition) is 25. The van der Waals surface area contributed by atoms with Gasteiger partial charge < -0.3 is 99.5 Å². The lowest BCUT2D eigenvalue weighted by atomic mass is 9.79. The lowest BCUT2D eigenvalue weighted by Crippen LogP contribution is -2.54. The molecule has 139 heavy (non-hydrogen) atoms. The summed E-state index contributed by atoms with van der Waals surface area (Å²) in [5.74, 6) is -3.51. The maximum atomic E-state index is 16.0. The van der Waals surface area contributed by atoms with Crippen molar-refractivity contribution in [3.8, 4) is 0 Å². The Morgan fingerprint density at radius 1 is 0.216 bits per heavy atom. The summed E-state index contributed by atoms with van der Waals surface area (Å²) in [5.41, 5.74) is 46.7. The highest BCUT2D eigenvalue weighted by Crippen LogP contribution is 2.36. The Balaban J connectivity index is 4.85. The first-order valence-electron chi connectivity index (χ1n) is 54.5. The van der Waals surface area contributed by atoms with Crippen LogP contribution in [-0.4, -0.2) is 201 Å². The van der Waals surface area contributed by atoms with Crippen molar-refractivity contribution in [2.24, 2.45) is 51.6 Å². The van der Waals surface area contributed by atoms with Crippen molar-refractivity contribution in [3.63, 3.8) is 0 Å². The number of nitrogens with one attached hydrogen (secondary N) is 9. The number of nitrogens with two attached hydrogens (primary N) is 9. The minimum absolute atomic E-state index is 0.0102. The molecule has 0 aliphatic heterocycles. The number of pyridine rings is 1. The third kappa shape index (κ3) is 74.9. The molecule has 34 heteroatoms. The smallest absolute Gasteiger partial charge is 0.221 e. The van der Waals surface area contributed by atoms with E-state index in [-0.39, 0.29) is 245 Å². The number of rotatable bonds is 102. The average molecular weight is 2000 g/mol. The van der Waals surface area contributed by atoms with Gasteiger partial charge in [0.05, 0.1) is 0 Å². The molecule has 27 N–H and O–H groups in total. The molecular formula is C105H197N19O13S2. The van der Waals surface area contributed by atoms with Gasteiger partial charge in [0.25, 0.3) is 0 Å². The fourth-order valence-corrected chi connectivity index (χ4v) is 19.5. The van der Waals surface area contributed by atoms with E-state index in [2.05, 4.69) is 52.8 Å². The topological polar surface area (TPSA) is 577 Å². The molecule has 1 unspecified atom stereocenters. The molecule has 1 aromatic heterocycles. The lowest BCUT2D eigenvalue weighted by molar-refractivity contribution is -0.129. The fraction of sp³-hybridized carbons (Fsp3) is 0.829. The van der Waals surface area contributed by atoms with Gasteiger partial charge in [-0.15, -0.1) is 0 Å². The first-order valence-corrected chi connectivity index (χ1v) is 56.8.